The van der Waals surface area contributed by atoms with Crippen molar-refractivity contribution in [3.63, 3.8) is 0 Å². The van der Waals surface area contributed by atoms with Gasteiger partial charge in [0.05, 0.1) is 12.8 Å². The van der Waals surface area contributed by atoms with Gasteiger partial charge in [-0.05, 0) is 37.3 Å². The minimum Gasteiger partial charge on any atom is -0.497 e. The number of rotatable bonds is 3. The van der Waals surface area contributed by atoms with E-state index in [1.54, 1.807) is 18.9 Å². The van der Waals surface area contributed by atoms with Gasteiger partial charge in [-0.1, -0.05) is 31.6 Å². The van der Waals surface area contributed by atoms with E-state index in [1.165, 1.54) is 0 Å². The summed E-state index contributed by atoms with van der Waals surface area (Å²) >= 11 is 1.78. The molecular weight excluding hydrogens is 344 g/mol. The van der Waals surface area contributed by atoms with Gasteiger partial charge in [0.25, 0.3) is 0 Å². The zero-order valence-corrected chi connectivity index (χ0v) is 16.2. The second kappa shape index (κ2) is 7.92. The Morgan fingerprint density at radius 2 is 2.31 bits per heavy atom. The molecule has 3 aliphatic rings. The van der Waals surface area contributed by atoms with E-state index in [0.29, 0.717) is 17.2 Å². The van der Waals surface area contributed by atoms with E-state index in [1.807, 2.05) is 19.1 Å². The molecule has 0 aromatic rings. The van der Waals surface area contributed by atoms with Crippen molar-refractivity contribution in [3.8, 4) is 11.8 Å². The number of ether oxygens (including phenoxy) is 1. The predicted octanol–water partition coefficient (Wildman–Crippen LogP) is 4.08. The molecule has 2 N–H and O–H groups in total. The highest BCUT2D eigenvalue weighted by Crippen LogP contribution is 2.33. The van der Waals surface area contributed by atoms with Gasteiger partial charge in [0.2, 0.25) is 5.90 Å². The molecule has 3 atom stereocenters. The molecule has 0 saturated heterocycles. The van der Waals surface area contributed by atoms with Crippen molar-refractivity contribution < 1.29 is 9.84 Å². The van der Waals surface area contributed by atoms with E-state index < -0.39 is 0 Å². The summed E-state index contributed by atoms with van der Waals surface area (Å²) in [6, 6.07) is 0. The van der Waals surface area contributed by atoms with Gasteiger partial charge in [-0.25, -0.2) is 4.99 Å². The average molecular weight is 369 g/mol. The Labute approximate surface area is 159 Å². The van der Waals surface area contributed by atoms with E-state index in [2.05, 4.69) is 47.8 Å². The number of aliphatic imine (C=N–C) groups is 1. The molecule has 136 valence electrons. The van der Waals surface area contributed by atoms with Crippen molar-refractivity contribution in [2.24, 2.45) is 16.8 Å². The molecule has 0 saturated carbocycles. The Morgan fingerprint density at radius 1 is 1.50 bits per heavy atom. The van der Waals surface area contributed by atoms with Crippen LogP contribution in [0.2, 0.25) is 0 Å². The fourth-order valence-electron chi connectivity index (χ4n) is 2.89. The van der Waals surface area contributed by atoms with Crippen LogP contribution in [0.4, 0.5) is 0 Å². The topological polar surface area (TPSA) is 53.9 Å². The van der Waals surface area contributed by atoms with Gasteiger partial charge in [0.1, 0.15) is 5.76 Å². The van der Waals surface area contributed by atoms with E-state index in [9.17, 15) is 5.11 Å². The van der Waals surface area contributed by atoms with E-state index >= 15 is 0 Å². The third-order valence-electron chi connectivity index (χ3n) is 4.57. The molecule has 0 fully saturated rings. The maximum atomic E-state index is 10.2. The highest BCUT2D eigenvalue weighted by atomic mass is 32.2. The van der Waals surface area contributed by atoms with Crippen molar-refractivity contribution in [1.82, 2.24) is 5.32 Å². The van der Waals surface area contributed by atoms with Crippen LogP contribution in [0.15, 0.2) is 63.4 Å². The smallest absolute Gasteiger partial charge is 0.214 e. The summed E-state index contributed by atoms with van der Waals surface area (Å²) in [5.74, 6) is 8.97. The first kappa shape index (κ1) is 18.5. The molecule has 0 amide bonds. The Bertz CT molecular complexity index is 821. The van der Waals surface area contributed by atoms with Crippen LogP contribution in [-0.4, -0.2) is 30.0 Å². The Hall–Kier alpha value is -2.32. The first-order valence-corrected chi connectivity index (χ1v) is 9.68. The first-order chi connectivity index (χ1) is 12.5. The lowest BCUT2D eigenvalue weighted by atomic mass is 9.93. The molecule has 2 heterocycles. The number of nitrogens with one attached hydrogen (secondary N) is 1. The highest BCUT2D eigenvalue weighted by molar-refractivity contribution is 8.03. The number of thioether (sulfide) groups is 1. The molecule has 0 radical (unpaired) electrons. The van der Waals surface area contributed by atoms with Gasteiger partial charge >= 0.3 is 0 Å². The second-order valence-electron chi connectivity index (χ2n) is 6.64. The minimum absolute atomic E-state index is 0.0509. The summed E-state index contributed by atoms with van der Waals surface area (Å²) in [5, 5.41) is 13.6. The van der Waals surface area contributed by atoms with Crippen LogP contribution in [0.1, 0.15) is 20.3 Å². The van der Waals surface area contributed by atoms with Crippen LogP contribution in [0.25, 0.3) is 0 Å². The molecule has 5 heteroatoms. The molecule has 0 bridgehead atoms. The maximum Gasteiger partial charge on any atom is 0.214 e. The monoisotopic (exact) mass is 368 g/mol. The number of hydrogen-bond donors (Lipinski definition) is 2. The maximum absolute atomic E-state index is 10.2. The lowest BCUT2D eigenvalue weighted by Crippen LogP contribution is -2.33. The Balaban J connectivity index is 1.72. The lowest BCUT2D eigenvalue weighted by Gasteiger charge is -2.23. The van der Waals surface area contributed by atoms with Crippen molar-refractivity contribution in [2.45, 2.75) is 26.4 Å². The summed E-state index contributed by atoms with van der Waals surface area (Å²) < 4.78 is 5.21. The number of aliphatic hydroxyl groups is 1. The van der Waals surface area contributed by atoms with Crippen molar-refractivity contribution in [1.29, 1.82) is 0 Å². The minimum atomic E-state index is -0.256. The van der Waals surface area contributed by atoms with Gasteiger partial charge < -0.3 is 15.2 Å². The molecule has 0 aromatic carbocycles. The third-order valence-corrected chi connectivity index (χ3v) is 5.96. The zero-order chi connectivity index (χ0) is 18.7. The summed E-state index contributed by atoms with van der Waals surface area (Å²) in [5.41, 5.74) is 2.22. The second-order valence-corrected chi connectivity index (χ2v) is 7.74. The van der Waals surface area contributed by atoms with E-state index in [0.717, 1.165) is 28.4 Å². The molecule has 3 rings (SSSR count). The number of methoxy groups -OCH3 is 1. The molecule has 2 aliphatic heterocycles. The molecule has 0 unspecified atom stereocenters. The molecule has 26 heavy (non-hydrogen) atoms. The normalized spacial score (nSPS) is 27.7. The quantitative estimate of drug-likeness (QED) is 0.737. The summed E-state index contributed by atoms with van der Waals surface area (Å²) in [7, 11) is 1.67. The van der Waals surface area contributed by atoms with Crippen molar-refractivity contribution in [2.75, 3.05) is 12.9 Å². The molecule has 0 aromatic heterocycles. The number of allylic oxidation sites excluding steroid dienone is 6. The Kier molecular flexibility index (Phi) is 5.63. The van der Waals surface area contributed by atoms with Crippen LogP contribution in [0, 0.1) is 23.7 Å². The third kappa shape index (κ3) is 4.08. The highest BCUT2D eigenvalue weighted by Gasteiger charge is 2.26. The SMILES string of the molecule is C=C(C#CC1=C(C)C(O)=N[C@H](C2=C[C@H](C)CS2)N1)[C@H]1C=CC(OC)=CC1. The first-order valence-electron chi connectivity index (χ1n) is 8.70. The van der Waals surface area contributed by atoms with Crippen molar-refractivity contribution >= 4 is 17.7 Å². The average Bonchev–Trinajstić information content (AvgIpc) is 3.09. The van der Waals surface area contributed by atoms with Crippen LogP contribution in [-0.2, 0) is 4.74 Å². The van der Waals surface area contributed by atoms with Gasteiger partial charge in [0.15, 0.2) is 6.17 Å². The number of nitrogens with zero attached hydrogens (tertiary/aromatic N) is 1. The largest absolute Gasteiger partial charge is 0.497 e. The van der Waals surface area contributed by atoms with E-state index in [-0.39, 0.29) is 18.0 Å². The molecule has 0 spiro atoms. The van der Waals surface area contributed by atoms with Gasteiger partial charge in [-0.2, -0.15) is 0 Å². The van der Waals surface area contributed by atoms with Crippen LogP contribution < -0.4 is 5.32 Å². The molecular formula is C21H24N2O2S. The predicted molar refractivity (Wildman–Crippen MR) is 109 cm³/mol. The van der Waals surface area contributed by atoms with Gasteiger partial charge in [0, 0.05) is 27.7 Å². The summed E-state index contributed by atoms with van der Waals surface area (Å²) in [6.45, 7) is 8.11. The number of hydrogen-bond acceptors (Lipinski definition) is 4. The van der Waals surface area contributed by atoms with Crippen LogP contribution in [0.5, 0.6) is 0 Å². The van der Waals surface area contributed by atoms with Gasteiger partial charge in [-0.15, -0.1) is 11.8 Å². The fourth-order valence-corrected chi connectivity index (χ4v) is 4.04. The standard InChI is InChI=1S/C21H24N2O2S/c1-13-11-19(26-12-13)20-22-18(15(3)21(24)23-20)10-5-14(2)16-6-8-17(25-4)9-7-16/h6,8-9,11,13,16,20,22H,2,7,12H2,1,3-4H3,(H,23,24)/t13-,16-,20+/m0/s1. The summed E-state index contributed by atoms with van der Waals surface area (Å²) in [4.78, 5) is 5.50. The fraction of sp³-hybridized carbons (Fsp3) is 0.381. The zero-order valence-electron chi connectivity index (χ0n) is 15.4. The van der Waals surface area contributed by atoms with E-state index in [4.69, 9.17) is 4.74 Å². The molecule has 1 aliphatic carbocycles. The Morgan fingerprint density at radius 3 is 2.92 bits per heavy atom. The van der Waals surface area contributed by atoms with Crippen LogP contribution >= 0.6 is 11.8 Å². The van der Waals surface area contributed by atoms with Crippen LogP contribution in [0.3, 0.4) is 0 Å². The lowest BCUT2D eigenvalue weighted by molar-refractivity contribution is 0.302. The van der Waals surface area contributed by atoms with Gasteiger partial charge in [-0.3, -0.25) is 0 Å². The van der Waals surface area contributed by atoms with Crippen molar-refractivity contribution in [3.05, 3.63) is 58.4 Å². The summed E-state index contributed by atoms with van der Waals surface area (Å²) in [6.07, 6.45) is 8.83. The molecule has 4 nitrogen and oxygen atoms in total. The number of aliphatic hydroxyl groups excluding tert-OH is 1.